The highest BCUT2D eigenvalue weighted by molar-refractivity contribution is 5.83. The Morgan fingerprint density at radius 2 is 1.85 bits per heavy atom. The lowest BCUT2D eigenvalue weighted by Crippen LogP contribution is -2.25. The molecule has 0 saturated heterocycles. The van der Waals surface area contributed by atoms with Crippen molar-refractivity contribution in [2.24, 2.45) is 0 Å². The minimum Gasteiger partial charge on any atom is -0.497 e. The van der Waals surface area contributed by atoms with E-state index in [1.807, 2.05) is 18.3 Å². The maximum absolute atomic E-state index is 5.34. The predicted molar refractivity (Wildman–Crippen MR) is 84.2 cm³/mol. The molecular weight excluding hydrogens is 248 g/mol. The van der Waals surface area contributed by atoms with Crippen molar-refractivity contribution in [3.8, 4) is 5.75 Å². The van der Waals surface area contributed by atoms with Crippen LogP contribution in [0.4, 0.5) is 0 Å². The lowest BCUT2D eigenvalue weighted by Gasteiger charge is -2.21. The Morgan fingerprint density at radius 3 is 2.50 bits per heavy atom. The van der Waals surface area contributed by atoms with Gasteiger partial charge in [0.25, 0.3) is 0 Å². The van der Waals surface area contributed by atoms with Crippen LogP contribution in [-0.2, 0) is 6.54 Å². The Morgan fingerprint density at radius 1 is 1.10 bits per heavy atom. The van der Waals surface area contributed by atoms with Crippen molar-refractivity contribution < 1.29 is 4.74 Å². The maximum Gasteiger partial charge on any atom is 0.119 e. The Hall–Kier alpha value is -1.61. The summed E-state index contributed by atoms with van der Waals surface area (Å²) in [6.45, 7) is 7.73. The second kappa shape index (κ2) is 7.25. The zero-order valence-electron chi connectivity index (χ0n) is 12.7. The molecule has 0 aliphatic rings. The van der Waals surface area contributed by atoms with E-state index in [4.69, 9.17) is 4.74 Å². The molecule has 3 heteroatoms. The van der Waals surface area contributed by atoms with Crippen LogP contribution in [0.15, 0.2) is 30.5 Å². The van der Waals surface area contributed by atoms with Crippen molar-refractivity contribution in [1.29, 1.82) is 0 Å². The number of hydrogen-bond acceptors (Lipinski definition) is 3. The van der Waals surface area contributed by atoms with Gasteiger partial charge in [-0.15, -0.1) is 0 Å². The highest BCUT2D eigenvalue weighted by Gasteiger charge is 2.08. The van der Waals surface area contributed by atoms with E-state index in [1.54, 1.807) is 7.11 Å². The number of hydrogen-bond donors (Lipinski definition) is 0. The third kappa shape index (κ3) is 3.48. The fourth-order valence-electron chi connectivity index (χ4n) is 2.59. The smallest absolute Gasteiger partial charge is 0.119 e. The summed E-state index contributed by atoms with van der Waals surface area (Å²) in [6.07, 6.45) is 4.28. The normalized spacial score (nSPS) is 11.2. The second-order valence-corrected chi connectivity index (χ2v) is 5.13. The Balaban J connectivity index is 2.32. The number of methoxy groups -OCH3 is 1. The molecule has 2 rings (SSSR count). The Labute approximate surface area is 121 Å². The molecule has 0 aliphatic heterocycles. The molecule has 2 aromatic rings. The SMILES string of the molecule is CCCN(CCC)Cc1ccnc2ccc(OC)cc12. The van der Waals surface area contributed by atoms with Crippen LogP contribution in [0.25, 0.3) is 10.9 Å². The summed E-state index contributed by atoms with van der Waals surface area (Å²) >= 11 is 0. The quantitative estimate of drug-likeness (QED) is 0.765. The topological polar surface area (TPSA) is 25.4 Å². The van der Waals surface area contributed by atoms with Crippen LogP contribution in [0.3, 0.4) is 0 Å². The van der Waals surface area contributed by atoms with Gasteiger partial charge in [-0.3, -0.25) is 9.88 Å². The van der Waals surface area contributed by atoms with Gasteiger partial charge in [0, 0.05) is 18.1 Å². The largest absolute Gasteiger partial charge is 0.497 e. The zero-order valence-corrected chi connectivity index (χ0v) is 12.7. The van der Waals surface area contributed by atoms with Crippen LogP contribution in [0.5, 0.6) is 5.75 Å². The number of pyridine rings is 1. The van der Waals surface area contributed by atoms with Gasteiger partial charge >= 0.3 is 0 Å². The van der Waals surface area contributed by atoms with Crippen molar-refractivity contribution in [2.45, 2.75) is 33.2 Å². The maximum atomic E-state index is 5.34. The summed E-state index contributed by atoms with van der Waals surface area (Å²) in [6, 6.07) is 8.21. The number of aromatic nitrogens is 1. The number of benzene rings is 1. The molecule has 0 radical (unpaired) electrons. The zero-order chi connectivity index (χ0) is 14.4. The highest BCUT2D eigenvalue weighted by Crippen LogP contribution is 2.23. The summed E-state index contributed by atoms with van der Waals surface area (Å²) in [5, 5.41) is 1.20. The van der Waals surface area contributed by atoms with E-state index in [1.165, 1.54) is 23.8 Å². The first-order valence-corrected chi connectivity index (χ1v) is 7.42. The molecule has 1 aromatic carbocycles. The molecule has 0 atom stereocenters. The van der Waals surface area contributed by atoms with Gasteiger partial charge in [0.05, 0.1) is 12.6 Å². The average molecular weight is 272 g/mol. The molecule has 0 bridgehead atoms. The van der Waals surface area contributed by atoms with Gasteiger partial charge in [-0.25, -0.2) is 0 Å². The molecule has 0 fully saturated rings. The molecule has 20 heavy (non-hydrogen) atoms. The summed E-state index contributed by atoms with van der Waals surface area (Å²) in [5.74, 6) is 0.893. The third-order valence-electron chi connectivity index (χ3n) is 3.51. The van der Waals surface area contributed by atoms with Gasteiger partial charge in [-0.2, -0.15) is 0 Å². The molecule has 0 aliphatic carbocycles. The van der Waals surface area contributed by atoms with Gasteiger partial charge in [0.1, 0.15) is 5.75 Å². The molecule has 108 valence electrons. The summed E-state index contributed by atoms with van der Waals surface area (Å²) in [7, 11) is 1.71. The fourth-order valence-corrected chi connectivity index (χ4v) is 2.59. The van der Waals surface area contributed by atoms with Gasteiger partial charge in [0.15, 0.2) is 0 Å². The van der Waals surface area contributed by atoms with Crippen LogP contribution >= 0.6 is 0 Å². The number of rotatable bonds is 7. The van der Waals surface area contributed by atoms with Crippen LogP contribution in [-0.4, -0.2) is 30.1 Å². The third-order valence-corrected chi connectivity index (χ3v) is 3.51. The first-order valence-electron chi connectivity index (χ1n) is 7.42. The first kappa shape index (κ1) is 14.8. The van der Waals surface area contributed by atoms with Crippen molar-refractivity contribution >= 4 is 10.9 Å². The second-order valence-electron chi connectivity index (χ2n) is 5.13. The monoisotopic (exact) mass is 272 g/mol. The lowest BCUT2D eigenvalue weighted by atomic mass is 10.1. The standard InChI is InChI=1S/C17H24N2O/c1-4-10-19(11-5-2)13-14-8-9-18-17-7-6-15(20-3)12-16(14)17/h6-9,12H,4-5,10-11,13H2,1-3H3. The molecule has 3 nitrogen and oxygen atoms in total. The minimum absolute atomic E-state index is 0.893. The molecule has 1 heterocycles. The average Bonchev–Trinajstić information content (AvgIpc) is 2.47. The molecule has 1 aromatic heterocycles. The minimum atomic E-state index is 0.893. The molecule has 0 spiro atoms. The molecule has 0 N–H and O–H groups in total. The van der Waals surface area contributed by atoms with Crippen molar-refractivity contribution in [3.05, 3.63) is 36.0 Å². The molecule has 0 amide bonds. The highest BCUT2D eigenvalue weighted by atomic mass is 16.5. The van der Waals surface area contributed by atoms with E-state index in [0.717, 1.165) is 30.9 Å². The van der Waals surface area contributed by atoms with Gasteiger partial charge < -0.3 is 4.74 Å². The lowest BCUT2D eigenvalue weighted by molar-refractivity contribution is 0.267. The summed E-state index contributed by atoms with van der Waals surface area (Å²) < 4.78 is 5.34. The molecule has 0 saturated carbocycles. The Kier molecular flexibility index (Phi) is 5.36. The van der Waals surface area contributed by atoms with Crippen LogP contribution in [0.2, 0.25) is 0 Å². The van der Waals surface area contributed by atoms with E-state index in [9.17, 15) is 0 Å². The van der Waals surface area contributed by atoms with E-state index in [2.05, 4.69) is 35.9 Å². The van der Waals surface area contributed by atoms with E-state index in [0.29, 0.717) is 0 Å². The van der Waals surface area contributed by atoms with Gasteiger partial charge in [0.2, 0.25) is 0 Å². The number of ether oxygens (including phenoxy) is 1. The number of fused-ring (bicyclic) bond motifs is 1. The fraction of sp³-hybridized carbons (Fsp3) is 0.471. The van der Waals surface area contributed by atoms with Gasteiger partial charge in [-0.1, -0.05) is 13.8 Å². The first-order chi connectivity index (χ1) is 9.78. The summed E-state index contributed by atoms with van der Waals surface area (Å²) in [4.78, 5) is 6.95. The predicted octanol–water partition coefficient (Wildman–Crippen LogP) is 3.87. The molecule has 0 unspecified atom stereocenters. The van der Waals surface area contributed by atoms with Crippen LogP contribution < -0.4 is 4.74 Å². The van der Waals surface area contributed by atoms with E-state index < -0.39 is 0 Å². The van der Waals surface area contributed by atoms with E-state index in [-0.39, 0.29) is 0 Å². The van der Waals surface area contributed by atoms with Crippen LogP contribution in [0.1, 0.15) is 32.3 Å². The van der Waals surface area contributed by atoms with Crippen molar-refractivity contribution in [1.82, 2.24) is 9.88 Å². The molecular formula is C17H24N2O. The van der Waals surface area contributed by atoms with E-state index >= 15 is 0 Å². The van der Waals surface area contributed by atoms with Crippen molar-refractivity contribution in [2.75, 3.05) is 20.2 Å². The Bertz CT molecular complexity index is 548. The summed E-state index contributed by atoms with van der Waals surface area (Å²) in [5.41, 5.74) is 2.37. The van der Waals surface area contributed by atoms with Crippen LogP contribution in [0, 0.1) is 0 Å². The number of nitrogens with zero attached hydrogens (tertiary/aromatic N) is 2. The van der Waals surface area contributed by atoms with Gasteiger partial charge in [-0.05, 0) is 55.8 Å². The van der Waals surface area contributed by atoms with Crippen molar-refractivity contribution in [3.63, 3.8) is 0 Å².